The minimum Gasteiger partial charge on any atom is -0.793 e. The average Bonchev–Trinajstić information content (AvgIpc) is 0.909. The molecule has 2 aliphatic carbocycles. The Hall–Kier alpha value is -6.90. The summed E-state index contributed by atoms with van der Waals surface area (Å²) in [5.41, 5.74) is 9.58. The number of pyridine rings is 6. The molecule has 6 aromatic heterocycles. The third-order valence-electron chi connectivity index (χ3n) is 15.4. The molecule has 7 N–H and O–H groups in total. The first-order chi connectivity index (χ1) is 42.0. The van der Waals surface area contributed by atoms with Gasteiger partial charge in [-0.05, 0) is 101 Å². The molecule has 2 unspecified atom stereocenters. The number of nitrogens with two attached hydrogens (primary N) is 1. The van der Waals surface area contributed by atoms with Crippen LogP contribution in [0.1, 0.15) is 124 Å². The standard InChI is InChI=1S/C26H28FN5O4S.C18H22FN3O2S.C8H6N2O3.C4H6O4.C2H3BO2.Na/c1-35-21-5-3-17-23(32-21)22(16(27)12-28-17)18(33)10-26-8-6-25(7-9-26,14-37-26)29-11-15-2-4-19-24(30-15)31-20(34)13-36-19;1-24-14-3-2-12-16(22-14)15(11(19)9-21-12)13(23)8-18-6-4-17(20,5-7-18)10-25-18;11-3-5-1-2-6-8(9-5)10-7(12)4-13-6;1-3(5)7-8-4(2)6;1-2(4)5-3;/h2-5,12,18,29,33H,6-11,13-14H2,1H3,(H,30,31,34);2-3,9,13,23H,4-8,10,20H2,1H3;1-3H,4H2,(H,9,10,12);1-2H3;1H3;/q;;;;-1;+1. The predicted octanol–water partition coefficient (Wildman–Crippen LogP) is 3.36. The molecule has 4 bridgehead atoms. The Kier molecular flexibility index (Phi) is 24.0. The second kappa shape index (κ2) is 30.7. The van der Waals surface area contributed by atoms with Crippen molar-refractivity contribution in [1.29, 1.82) is 0 Å². The fraction of sp³-hybridized carbons (Fsp3) is 0.448. The van der Waals surface area contributed by atoms with Crippen LogP contribution in [0, 0.1) is 11.6 Å². The van der Waals surface area contributed by atoms with E-state index in [1.54, 1.807) is 30.3 Å². The third-order valence-corrected chi connectivity index (χ3v) is 19.2. The van der Waals surface area contributed by atoms with Crippen molar-refractivity contribution in [3.63, 3.8) is 0 Å². The number of anilines is 2. The predicted molar refractivity (Wildman–Crippen MR) is 318 cm³/mol. The van der Waals surface area contributed by atoms with E-state index in [0.29, 0.717) is 82.6 Å². The number of thioether (sulfide) groups is 2. The summed E-state index contributed by atoms with van der Waals surface area (Å²) in [6.45, 7) is 4.11. The van der Waals surface area contributed by atoms with E-state index in [-0.39, 0.29) is 92.0 Å². The molecule has 31 heteroatoms. The van der Waals surface area contributed by atoms with Gasteiger partial charge in [0.25, 0.3) is 11.8 Å². The summed E-state index contributed by atoms with van der Waals surface area (Å²) in [6.07, 6.45) is 9.60. The fourth-order valence-electron chi connectivity index (χ4n) is 10.7. The Labute approximate surface area is 541 Å². The van der Waals surface area contributed by atoms with Crippen molar-refractivity contribution < 1.29 is 111 Å². The fourth-order valence-corrected chi connectivity index (χ4v) is 14.1. The van der Waals surface area contributed by atoms with E-state index in [0.717, 1.165) is 94.8 Å². The molecule has 0 aromatic carbocycles. The Balaban J connectivity index is 0.000000186. The van der Waals surface area contributed by atoms with E-state index >= 15 is 0 Å². The molecule has 0 spiro atoms. The molecule has 89 heavy (non-hydrogen) atoms. The molecule has 2 atom stereocenters. The number of rotatable bonds is 12. The SMILES string of the molecule is CC(=O)OOC(C)=O.COc1ccc2ncc(F)c(C(O)CC34CCC(N)(CC3)CS4)c2n1.COc1ccc2ncc(F)c(C(O)CC34CCC(NCc5ccc6c(n5)NC(=O)CO6)(CC3)CS4)c2n1.O=Cc1ccc2c(n1)NC(=O)CO2.[B-]OC(C)=O.[Na+]. The number of carbonyl (C=O) groups excluding carboxylic acids is 6. The average molecular weight is 1280 g/mol. The number of aldehydes is 1. The number of aliphatic hydroxyl groups excluding tert-OH is 2. The Morgan fingerprint density at radius 2 is 1.16 bits per heavy atom. The van der Waals surface area contributed by atoms with Crippen molar-refractivity contribution in [2.45, 2.75) is 124 Å². The number of nitrogens with one attached hydrogen (secondary N) is 3. The molecule has 8 aliphatic rings. The molecular weight excluding hydrogens is 1210 g/mol. The maximum Gasteiger partial charge on any atom is 1.00 e. The molecule has 25 nitrogen and oxygen atoms in total. The molecule has 12 heterocycles. The summed E-state index contributed by atoms with van der Waals surface area (Å²) >= 11 is 3.69. The molecule has 6 aromatic rings. The number of aliphatic hydroxyl groups is 2. The van der Waals surface area contributed by atoms with E-state index in [9.17, 15) is 47.8 Å². The zero-order valence-electron chi connectivity index (χ0n) is 49.7. The van der Waals surface area contributed by atoms with Crippen LogP contribution < -0.4 is 70.2 Å². The Morgan fingerprint density at radius 3 is 1.57 bits per heavy atom. The van der Waals surface area contributed by atoms with Gasteiger partial charge in [-0.25, -0.2) is 48.1 Å². The smallest absolute Gasteiger partial charge is 0.793 e. The van der Waals surface area contributed by atoms with Gasteiger partial charge in [-0.3, -0.25) is 29.1 Å². The van der Waals surface area contributed by atoms with E-state index < -0.39 is 41.8 Å². The summed E-state index contributed by atoms with van der Waals surface area (Å²) in [5, 5.41) is 31.1. The van der Waals surface area contributed by atoms with Crippen LogP contribution >= 0.6 is 23.5 Å². The minimum absolute atomic E-state index is 0. The topological polar surface area (TPSA) is 347 Å². The van der Waals surface area contributed by atoms with Crippen molar-refractivity contribution in [2.24, 2.45) is 5.73 Å². The Morgan fingerprint density at radius 1 is 0.697 bits per heavy atom. The first-order valence-corrected chi connectivity index (χ1v) is 29.7. The van der Waals surface area contributed by atoms with Gasteiger partial charge in [0.15, 0.2) is 42.6 Å². The van der Waals surface area contributed by atoms with Gasteiger partial charge in [0.1, 0.15) is 28.4 Å². The van der Waals surface area contributed by atoms with Crippen LogP contribution in [-0.2, 0) is 44.9 Å². The summed E-state index contributed by atoms with van der Waals surface area (Å²) in [6, 6.07) is 13.7. The zero-order valence-corrected chi connectivity index (χ0v) is 53.4. The Bertz CT molecular complexity index is 3530. The van der Waals surface area contributed by atoms with Gasteiger partial charge < -0.3 is 63.5 Å². The summed E-state index contributed by atoms with van der Waals surface area (Å²) in [4.78, 5) is 94.9. The number of aromatic nitrogens is 6. The molecule has 14 rings (SSSR count). The van der Waals surface area contributed by atoms with Gasteiger partial charge >= 0.3 is 41.5 Å². The maximum atomic E-state index is 14.9. The number of fused-ring (bicyclic) bond motifs is 10. The summed E-state index contributed by atoms with van der Waals surface area (Å²) in [5.74, 6) is 1.10. The van der Waals surface area contributed by atoms with E-state index in [1.807, 2.05) is 35.7 Å². The third kappa shape index (κ3) is 18.0. The van der Waals surface area contributed by atoms with Gasteiger partial charge in [-0.1, -0.05) is 0 Å². The van der Waals surface area contributed by atoms with Crippen LogP contribution in [0.5, 0.6) is 23.3 Å². The van der Waals surface area contributed by atoms with Gasteiger partial charge in [0.05, 0.1) is 55.5 Å². The van der Waals surface area contributed by atoms with Crippen molar-refractivity contribution in [1.82, 2.24) is 35.2 Å². The van der Waals surface area contributed by atoms with Crippen molar-refractivity contribution >= 4 is 101 Å². The number of nitrogens with zero attached hydrogens (tertiary/aromatic N) is 6. The quantitative estimate of drug-likeness (QED) is 0.0443. The van der Waals surface area contributed by atoms with Crippen LogP contribution in [0.15, 0.2) is 60.9 Å². The number of amides is 2. The molecule has 4 saturated heterocycles. The maximum absolute atomic E-state index is 14.9. The largest absolute Gasteiger partial charge is 1.00 e. The van der Waals surface area contributed by atoms with E-state index in [4.69, 9.17) is 24.7 Å². The molecule has 2 saturated carbocycles. The number of halogens is 2. The molecule has 467 valence electrons. The normalized spacial score (nSPS) is 22.0. The zero-order chi connectivity index (χ0) is 63.4. The van der Waals surface area contributed by atoms with Crippen molar-refractivity contribution in [3.05, 3.63) is 95.1 Å². The molecule has 6 fully saturated rings. The first kappa shape index (κ1) is 69.6. The molecular formula is C58H65BF2N10NaO15S2. The number of ether oxygens (including phenoxy) is 4. The molecule has 3 radical (unpaired) electrons. The number of carbonyl (C=O) groups is 6. The second-order valence-electron chi connectivity index (χ2n) is 21.6. The second-order valence-corrected chi connectivity index (χ2v) is 24.5. The first-order valence-electron chi connectivity index (χ1n) is 27.7. The van der Waals surface area contributed by atoms with Crippen LogP contribution in [-0.4, -0.2) is 144 Å². The van der Waals surface area contributed by atoms with Crippen LogP contribution in [0.2, 0.25) is 0 Å². The van der Waals surface area contributed by atoms with Crippen LogP contribution in [0.4, 0.5) is 20.4 Å². The molecule has 2 amide bonds. The van der Waals surface area contributed by atoms with Gasteiger partial charge in [-0.2, -0.15) is 23.5 Å². The van der Waals surface area contributed by atoms with E-state index in [1.165, 1.54) is 27.2 Å². The van der Waals surface area contributed by atoms with E-state index in [2.05, 4.69) is 68.3 Å². The van der Waals surface area contributed by atoms with Crippen molar-refractivity contribution in [2.75, 3.05) is 49.6 Å². The van der Waals surface area contributed by atoms with Gasteiger partial charge in [0.2, 0.25) is 17.7 Å². The summed E-state index contributed by atoms with van der Waals surface area (Å²) in [7, 11) is 7.34. The van der Waals surface area contributed by atoms with Crippen molar-refractivity contribution in [3.8, 4) is 23.3 Å². The monoisotopic (exact) mass is 1280 g/mol. The van der Waals surface area contributed by atoms with Crippen LogP contribution in [0.3, 0.4) is 0 Å². The number of hydrogen-bond acceptors (Lipinski definition) is 25. The minimum atomic E-state index is -0.992. The van der Waals surface area contributed by atoms with Crippen LogP contribution in [0.25, 0.3) is 22.1 Å². The number of methoxy groups -OCH3 is 2. The molecule has 6 aliphatic heterocycles. The number of hydrogen-bond donors (Lipinski definition) is 6. The van der Waals surface area contributed by atoms with Gasteiger partial charge in [-0.15, -0.1) is 0 Å². The summed E-state index contributed by atoms with van der Waals surface area (Å²) < 4.78 is 53.7. The van der Waals surface area contributed by atoms with Gasteiger partial charge in [0, 0.05) is 82.7 Å².